The van der Waals surface area contributed by atoms with Crippen LogP contribution in [0.15, 0.2) is 23.4 Å². The Morgan fingerprint density at radius 1 is 1.11 bits per heavy atom. The normalized spacial score (nSPS) is 14.4. The van der Waals surface area contributed by atoms with Gasteiger partial charge >= 0.3 is 0 Å². The van der Waals surface area contributed by atoms with E-state index >= 15 is 0 Å². The van der Waals surface area contributed by atoms with Gasteiger partial charge in [-0.1, -0.05) is 31.0 Å². The van der Waals surface area contributed by atoms with E-state index in [0.29, 0.717) is 39.8 Å². The fraction of sp³-hybridized carbons (Fsp3) is 0.476. The lowest BCUT2D eigenvalue weighted by atomic mass is 9.94. The molecule has 0 spiro atoms. The first-order valence-electron chi connectivity index (χ1n) is 9.44. The molecule has 3 rings (SSSR count). The van der Waals surface area contributed by atoms with Crippen molar-refractivity contribution in [2.45, 2.75) is 43.3 Å². The number of ether oxygens (including phenoxy) is 2. The van der Waals surface area contributed by atoms with E-state index in [2.05, 4.69) is 16.0 Å². The second kappa shape index (κ2) is 9.16. The van der Waals surface area contributed by atoms with E-state index in [0.717, 1.165) is 18.4 Å². The lowest BCUT2D eigenvalue weighted by molar-refractivity contribution is 0.355. The molecule has 1 aromatic heterocycles. The summed E-state index contributed by atoms with van der Waals surface area (Å²) in [6, 6.07) is 8.35. The summed E-state index contributed by atoms with van der Waals surface area (Å²) in [5.41, 5.74) is 1.93. The summed E-state index contributed by atoms with van der Waals surface area (Å²) in [6.45, 7) is 0. The van der Waals surface area contributed by atoms with Crippen molar-refractivity contribution >= 4 is 17.6 Å². The molecule has 1 heterocycles. The molecule has 1 aliphatic carbocycles. The summed E-state index contributed by atoms with van der Waals surface area (Å²) in [6.07, 6.45) is 7.94. The van der Waals surface area contributed by atoms with Gasteiger partial charge in [0.2, 0.25) is 0 Å². The Morgan fingerprint density at radius 2 is 1.82 bits per heavy atom. The summed E-state index contributed by atoms with van der Waals surface area (Å²) in [5.74, 6) is 1.96. The predicted molar refractivity (Wildman–Crippen MR) is 112 cm³/mol. The third-order valence-electron chi connectivity index (χ3n) is 5.28. The Balaban J connectivity index is 2.12. The van der Waals surface area contributed by atoms with Crippen LogP contribution in [0.1, 0.15) is 37.7 Å². The van der Waals surface area contributed by atoms with Crippen molar-refractivity contribution in [2.75, 3.05) is 32.4 Å². The number of hydrogen-bond donors (Lipinski definition) is 0. The third kappa shape index (κ3) is 4.02. The van der Waals surface area contributed by atoms with Crippen LogP contribution in [0.5, 0.6) is 11.5 Å². The summed E-state index contributed by atoms with van der Waals surface area (Å²) in [4.78, 5) is 11.5. The molecule has 0 unspecified atom stereocenters. The van der Waals surface area contributed by atoms with Gasteiger partial charge in [0.05, 0.1) is 19.9 Å². The van der Waals surface area contributed by atoms with Crippen LogP contribution in [-0.4, -0.2) is 43.5 Å². The fourth-order valence-electron chi connectivity index (χ4n) is 3.71. The second-order valence-electron chi connectivity index (χ2n) is 6.84. The Labute approximate surface area is 170 Å². The first-order valence-corrected chi connectivity index (χ1v) is 10.7. The molecule has 7 heteroatoms. The van der Waals surface area contributed by atoms with Crippen molar-refractivity contribution < 1.29 is 9.47 Å². The molecule has 0 amide bonds. The standard InChI is InChI=1S/C21H26N4O2S/c1-25(15-8-6-5-7-9-15)20-16(13-22)19(23-21(24-20)28-4)14-10-11-17(26-2)18(12-14)27-3/h10-12,15H,5-9H2,1-4H3. The smallest absolute Gasteiger partial charge is 0.189 e. The van der Waals surface area contributed by atoms with Gasteiger partial charge in [0, 0.05) is 18.7 Å². The van der Waals surface area contributed by atoms with Gasteiger partial charge in [-0.2, -0.15) is 5.26 Å². The predicted octanol–water partition coefficient (Wildman–Crippen LogP) is 4.52. The third-order valence-corrected chi connectivity index (χ3v) is 5.82. The minimum absolute atomic E-state index is 0.406. The van der Waals surface area contributed by atoms with Crippen molar-refractivity contribution in [3.8, 4) is 28.8 Å². The summed E-state index contributed by atoms with van der Waals surface area (Å²) < 4.78 is 10.8. The Kier molecular flexibility index (Phi) is 6.63. The van der Waals surface area contributed by atoms with Gasteiger partial charge in [-0.25, -0.2) is 9.97 Å². The lowest BCUT2D eigenvalue weighted by Crippen LogP contribution is -2.34. The molecular weight excluding hydrogens is 372 g/mol. The van der Waals surface area contributed by atoms with E-state index in [9.17, 15) is 5.26 Å². The maximum atomic E-state index is 9.98. The molecule has 148 valence electrons. The van der Waals surface area contributed by atoms with Crippen LogP contribution in [0.4, 0.5) is 5.82 Å². The minimum Gasteiger partial charge on any atom is -0.493 e. The van der Waals surface area contributed by atoms with Crippen LogP contribution in [-0.2, 0) is 0 Å². The molecule has 0 aliphatic heterocycles. The van der Waals surface area contributed by atoms with Gasteiger partial charge in [-0.3, -0.25) is 0 Å². The molecule has 0 N–H and O–H groups in total. The maximum Gasteiger partial charge on any atom is 0.189 e. The zero-order chi connectivity index (χ0) is 20.1. The summed E-state index contributed by atoms with van der Waals surface area (Å²) in [7, 11) is 5.25. The molecule has 0 saturated heterocycles. The van der Waals surface area contributed by atoms with Crippen LogP contribution >= 0.6 is 11.8 Å². The first kappa shape index (κ1) is 20.3. The fourth-order valence-corrected chi connectivity index (χ4v) is 4.07. The van der Waals surface area contributed by atoms with Crippen molar-refractivity contribution in [2.24, 2.45) is 0 Å². The Morgan fingerprint density at radius 3 is 2.43 bits per heavy atom. The van der Waals surface area contributed by atoms with Gasteiger partial charge in [0.15, 0.2) is 22.5 Å². The number of methoxy groups -OCH3 is 2. The zero-order valence-corrected chi connectivity index (χ0v) is 17.7. The van der Waals surface area contributed by atoms with Gasteiger partial charge in [0.25, 0.3) is 0 Å². The average Bonchev–Trinajstić information content (AvgIpc) is 2.77. The summed E-state index contributed by atoms with van der Waals surface area (Å²) >= 11 is 1.48. The SMILES string of the molecule is COc1ccc(-c2nc(SC)nc(N(C)C3CCCCC3)c2C#N)cc1OC. The van der Waals surface area contributed by atoms with Crippen LogP contribution in [0, 0.1) is 11.3 Å². The maximum absolute atomic E-state index is 9.98. The highest BCUT2D eigenvalue weighted by Crippen LogP contribution is 2.36. The van der Waals surface area contributed by atoms with Crippen molar-refractivity contribution in [1.29, 1.82) is 5.26 Å². The van der Waals surface area contributed by atoms with E-state index in [1.165, 1.54) is 31.0 Å². The molecule has 0 bridgehead atoms. The molecule has 1 fully saturated rings. The van der Waals surface area contributed by atoms with Gasteiger partial charge in [-0.15, -0.1) is 0 Å². The van der Waals surface area contributed by atoms with Gasteiger partial charge in [-0.05, 0) is 37.3 Å². The van der Waals surface area contributed by atoms with E-state index in [4.69, 9.17) is 14.5 Å². The largest absolute Gasteiger partial charge is 0.493 e. The van der Waals surface area contributed by atoms with Crippen molar-refractivity contribution in [3.63, 3.8) is 0 Å². The molecule has 1 aliphatic rings. The molecule has 2 aromatic rings. The van der Waals surface area contributed by atoms with Crippen LogP contribution in [0.25, 0.3) is 11.3 Å². The topological polar surface area (TPSA) is 71.3 Å². The van der Waals surface area contributed by atoms with E-state index in [1.807, 2.05) is 31.5 Å². The van der Waals surface area contributed by atoms with E-state index in [-0.39, 0.29) is 0 Å². The van der Waals surface area contributed by atoms with E-state index < -0.39 is 0 Å². The van der Waals surface area contributed by atoms with Crippen LogP contribution in [0.2, 0.25) is 0 Å². The zero-order valence-electron chi connectivity index (χ0n) is 16.9. The number of hydrogen-bond acceptors (Lipinski definition) is 7. The Hall–Kier alpha value is -2.46. The lowest BCUT2D eigenvalue weighted by Gasteiger charge is -2.33. The second-order valence-corrected chi connectivity index (χ2v) is 7.62. The number of aromatic nitrogens is 2. The number of nitriles is 1. The number of anilines is 1. The number of nitrogens with zero attached hydrogens (tertiary/aromatic N) is 4. The minimum atomic E-state index is 0.406. The van der Waals surface area contributed by atoms with Gasteiger partial charge < -0.3 is 14.4 Å². The van der Waals surface area contributed by atoms with Crippen molar-refractivity contribution in [3.05, 3.63) is 23.8 Å². The number of benzene rings is 1. The van der Waals surface area contributed by atoms with Gasteiger partial charge in [0.1, 0.15) is 11.6 Å². The van der Waals surface area contributed by atoms with Crippen LogP contribution in [0.3, 0.4) is 0 Å². The molecule has 1 saturated carbocycles. The Bertz CT molecular complexity index is 875. The number of thioether (sulfide) groups is 1. The monoisotopic (exact) mass is 398 g/mol. The molecule has 0 atom stereocenters. The molecule has 1 aromatic carbocycles. The van der Waals surface area contributed by atoms with Crippen LogP contribution < -0.4 is 14.4 Å². The quantitative estimate of drug-likeness (QED) is 0.523. The molecule has 0 radical (unpaired) electrons. The highest BCUT2D eigenvalue weighted by atomic mass is 32.2. The average molecular weight is 399 g/mol. The highest BCUT2D eigenvalue weighted by molar-refractivity contribution is 7.98. The molecule has 28 heavy (non-hydrogen) atoms. The number of rotatable bonds is 6. The van der Waals surface area contributed by atoms with E-state index in [1.54, 1.807) is 14.2 Å². The molecule has 6 nitrogen and oxygen atoms in total. The van der Waals surface area contributed by atoms with Crippen molar-refractivity contribution in [1.82, 2.24) is 9.97 Å². The first-order chi connectivity index (χ1) is 13.6. The highest BCUT2D eigenvalue weighted by Gasteiger charge is 2.25. The summed E-state index contributed by atoms with van der Waals surface area (Å²) in [5, 5.41) is 10.6. The molecular formula is C21H26N4O2S.